The molecule has 1 atom stereocenters. The van der Waals surface area contributed by atoms with E-state index in [0.29, 0.717) is 31.0 Å². The van der Waals surface area contributed by atoms with Crippen LogP contribution >= 0.6 is 0 Å². The summed E-state index contributed by atoms with van der Waals surface area (Å²) in [5, 5.41) is 17.1. The molecular weight excluding hydrogens is 296 g/mol. The van der Waals surface area contributed by atoms with Gasteiger partial charge in [-0.3, -0.25) is 4.40 Å². The number of hydrogen-bond acceptors (Lipinski definition) is 5. The molecule has 1 saturated heterocycles. The largest absolute Gasteiger partial charge is 0.478 e. The van der Waals surface area contributed by atoms with Gasteiger partial charge in [0.25, 0.3) is 0 Å². The smallest absolute Gasteiger partial charge is 0.337 e. The van der Waals surface area contributed by atoms with Crippen LogP contribution in [0, 0.1) is 0 Å². The van der Waals surface area contributed by atoms with E-state index in [4.69, 9.17) is 5.11 Å². The molecular formula is C12H14N4O4S. The maximum atomic E-state index is 11.6. The van der Waals surface area contributed by atoms with Crippen molar-refractivity contribution in [3.8, 4) is 0 Å². The van der Waals surface area contributed by atoms with Crippen molar-refractivity contribution in [2.24, 2.45) is 0 Å². The Morgan fingerprint density at radius 3 is 2.76 bits per heavy atom. The van der Waals surface area contributed by atoms with E-state index in [2.05, 4.69) is 10.2 Å². The third kappa shape index (κ3) is 2.49. The summed E-state index contributed by atoms with van der Waals surface area (Å²) in [5.41, 5.74) is 0.689. The predicted molar refractivity (Wildman–Crippen MR) is 73.7 cm³/mol. The molecule has 3 heterocycles. The van der Waals surface area contributed by atoms with Gasteiger partial charge in [0.05, 0.1) is 11.8 Å². The van der Waals surface area contributed by atoms with Crippen LogP contribution in [0.25, 0.3) is 5.65 Å². The van der Waals surface area contributed by atoms with Crippen LogP contribution in [0.1, 0.15) is 28.5 Å². The zero-order chi connectivity index (χ0) is 15.2. The molecule has 21 heavy (non-hydrogen) atoms. The summed E-state index contributed by atoms with van der Waals surface area (Å²) in [4.78, 5) is 11.0. The molecule has 3 rings (SSSR count). The lowest BCUT2D eigenvalue weighted by Gasteiger charge is -2.12. The summed E-state index contributed by atoms with van der Waals surface area (Å²) in [7, 11) is -3.22. The highest BCUT2D eigenvalue weighted by molar-refractivity contribution is 7.88. The number of aromatic carboxylic acids is 1. The highest BCUT2D eigenvalue weighted by atomic mass is 32.2. The van der Waals surface area contributed by atoms with Crippen LogP contribution in [0.3, 0.4) is 0 Å². The normalized spacial score (nSPS) is 20.1. The van der Waals surface area contributed by atoms with Gasteiger partial charge in [0.2, 0.25) is 10.0 Å². The topological polar surface area (TPSA) is 105 Å². The van der Waals surface area contributed by atoms with Gasteiger partial charge in [-0.25, -0.2) is 17.5 Å². The minimum Gasteiger partial charge on any atom is -0.478 e. The van der Waals surface area contributed by atoms with Crippen LogP contribution in [0.2, 0.25) is 0 Å². The van der Waals surface area contributed by atoms with Crippen molar-refractivity contribution < 1.29 is 18.3 Å². The number of carboxylic acid groups (broad SMARTS) is 1. The van der Waals surface area contributed by atoms with Gasteiger partial charge in [0.15, 0.2) is 5.65 Å². The number of carbonyl (C=O) groups is 1. The Kier molecular flexibility index (Phi) is 3.18. The maximum absolute atomic E-state index is 11.6. The molecule has 8 nitrogen and oxygen atoms in total. The molecule has 0 spiro atoms. The fourth-order valence-electron chi connectivity index (χ4n) is 2.55. The number of hydrogen-bond donors (Lipinski definition) is 1. The predicted octanol–water partition coefficient (Wildman–Crippen LogP) is 0.176. The number of nitrogens with zero attached hydrogens (tertiary/aromatic N) is 4. The van der Waals surface area contributed by atoms with Gasteiger partial charge in [0.1, 0.15) is 5.82 Å². The first kappa shape index (κ1) is 14.0. The minimum absolute atomic E-state index is 0.0845. The zero-order valence-corrected chi connectivity index (χ0v) is 12.1. The molecule has 2 aromatic heterocycles. The number of carboxylic acids is 1. The number of sulfonamides is 1. The van der Waals surface area contributed by atoms with Gasteiger partial charge >= 0.3 is 5.97 Å². The Balaban J connectivity index is 1.98. The van der Waals surface area contributed by atoms with Gasteiger partial charge in [0, 0.05) is 25.2 Å². The Morgan fingerprint density at radius 2 is 2.14 bits per heavy atom. The molecule has 1 aliphatic rings. The van der Waals surface area contributed by atoms with E-state index in [9.17, 15) is 13.2 Å². The van der Waals surface area contributed by atoms with Crippen LogP contribution in [0.5, 0.6) is 0 Å². The van der Waals surface area contributed by atoms with Crippen LogP contribution in [0.15, 0.2) is 18.3 Å². The number of aromatic nitrogens is 3. The fraction of sp³-hybridized carbons (Fsp3) is 0.417. The first-order valence-corrected chi connectivity index (χ1v) is 8.24. The summed E-state index contributed by atoms with van der Waals surface area (Å²) in [5.74, 6) is -0.515. The average molecular weight is 310 g/mol. The van der Waals surface area contributed by atoms with E-state index in [1.165, 1.54) is 22.8 Å². The van der Waals surface area contributed by atoms with E-state index >= 15 is 0 Å². The molecule has 1 unspecified atom stereocenters. The van der Waals surface area contributed by atoms with Crippen LogP contribution in [-0.4, -0.2) is 57.7 Å². The van der Waals surface area contributed by atoms with Crippen molar-refractivity contribution in [1.29, 1.82) is 0 Å². The summed E-state index contributed by atoms with van der Waals surface area (Å²) in [6, 6.07) is 3.05. The summed E-state index contributed by atoms with van der Waals surface area (Å²) >= 11 is 0. The number of pyridine rings is 1. The first-order chi connectivity index (χ1) is 9.86. The van der Waals surface area contributed by atoms with Crippen molar-refractivity contribution >= 4 is 21.6 Å². The Labute approximate surface area is 121 Å². The van der Waals surface area contributed by atoms with Crippen LogP contribution < -0.4 is 0 Å². The second-order valence-electron chi connectivity index (χ2n) is 5.12. The third-order valence-corrected chi connectivity index (χ3v) is 4.93. The molecule has 0 amide bonds. The monoisotopic (exact) mass is 310 g/mol. The molecule has 2 aromatic rings. The molecule has 1 N–H and O–H groups in total. The molecule has 0 saturated carbocycles. The molecule has 0 radical (unpaired) electrons. The zero-order valence-electron chi connectivity index (χ0n) is 11.3. The maximum Gasteiger partial charge on any atom is 0.337 e. The van der Waals surface area contributed by atoms with Crippen molar-refractivity contribution in [2.75, 3.05) is 19.3 Å². The second kappa shape index (κ2) is 4.78. The summed E-state index contributed by atoms with van der Waals surface area (Å²) < 4.78 is 26.1. The van der Waals surface area contributed by atoms with Crippen molar-refractivity contribution in [1.82, 2.24) is 18.9 Å². The van der Waals surface area contributed by atoms with E-state index < -0.39 is 16.0 Å². The summed E-state index contributed by atoms with van der Waals surface area (Å²) in [6.45, 7) is 0.786. The van der Waals surface area contributed by atoms with Gasteiger partial charge in [-0.2, -0.15) is 0 Å². The first-order valence-electron chi connectivity index (χ1n) is 6.39. The van der Waals surface area contributed by atoms with E-state index in [1.54, 1.807) is 10.5 Å². The van der Waals surface area contributed by atoms with Gasteiger partial charge in [-0.15, -0.1) is 10.2 Å². The molecule has 0 aliphatic carbocycles. The van der Waals surface area contributed by atoms with Crippen molar-refractivity contribution in [3.63, 3.8) is 0 Å². The molecule has 1 fully saturated rings. The Hall–Kier alpha value is -2.00. The highest BCUT2D eigenvalue weighted by Gasteiger charge is 2.32. The van der Waals surface area contributed by atoms with Gasteiger partial charge < -0.3 is 5.11 Å². The quantitative estimate of drug-likeness (QED) is 0.867. The van der Waals surface area contributed by atoms with Gasteiger partial charge in [-0.05, 0) is 18.6 Å². The van der Waals surface area contributed by atoms with E-state index in [1.807, 2.05) is 0 Å². The summed E-state index contributed by atoms with van der Waals surface area (Å²) in [6.07, 6.45) is 3.29. The molecule has 0 aromatic carbocycles. The molecule has 112 valence electrons. The van der Waals surface area contributed by atoms with Crippen LogP contribution in [0.4, 0.5) is 0 Å². The number of fused-ring (bicyclic) bond motifs is 1. The lowest BCUT2D eigenvalue weighted by atomic mass is 10.1. The van der Waals surface area contributed by atoms with Crippen molar-refractivity contribution in [2.45, 2.75) is 12.3 Å². The van der Waals surface area contributed by atoms with Crippen LogP contribution in [-0.2, 0) is 10.0 Å². The van der Waals surface area contributed by atoms with Gasteiger partial charge in [-0.1, -0.05) is 0 Å². The molecule has 1 aliphatic heterocycles. The minimum atomic E-state index is -3.22. The average Bonchev–Trinajstić information content (AvgIpc) is 3.03. The molecule has 0 bridgehead atoms. The lowest BCUT2D eigenvalue weighted by molar-refractivity contribution is 0.0696. The Bertz CT molecular complexity index is 814. The van der Waals surface area contributed by atoms with Crippen molar-refractivity contribution in [3.05, 3.63) is 29.7 Å². The highest BCUT2D eigenvalue weighted by Crippen LogP contribution is 2.27. The Morgan fingerprint density at radius 1 is 1.38 bits per heavy atom. The lowest BCUT2D eigenvalue weighted by Crippen LogP contribution is -2.27. The second-order valence-corrected chi connectivity index (χ2v) is 7.10. The SMILES string of the molecule is CS(=O)(=O)N1CCC(c2nnc3ccc(C(=O)O)cn23)C1. The number of rotatable bonds is 3. The van der Waals surface area contributed by atoms with E-state index in [-0.39, 0.29) is 11.5 Å². The fourth-order valence-corrected chi connectivity index (χ4v) is 3.44. The van der Waals surface area contributed by atoms with E-state index in [0.717, 1.165) is 0 Å². The molecule has 9 heteroatoms. The third-order valence-electron chi connectivity index (χ3n) is 3.66. The standard InChI is InChI=1S/C12H14N4O4S/c1-21(19,20)15-5-4-8(6-15)11-14-13-10-3-2-9(12(17)18)7-16(10)11/h2-3,7-8H,4-6H2,1H3,(H,17,18).